The summed E-state index contributed by atoms with van der Waals surface area (Å²) in [7, 11) is -0.849. The molecule has 1 aromatic carbocycles. The first-order chi connectivity index (χ1) is 9.30. The monoisotopic (exact) mass is 304 g/mol. The van der Waals surface area contributed by atoms with Crippen LogP contribution < -0.4 is 5.32 Å². The summed E-state index contributed by atoms with van der Waals surface area (Å²) < 4.78 is 39.1. The zero-order chi connectivity index (χ0) is 15.3. The van der Waals surface area contributed by atoms with E-state index in [4.69, 9.17) is 5.11 Å². The molecule has 0 aliphatic heterocycles. The van der Waals surface area contributed by atoms with Crippen LogP contribution in [0.25, 0.3) is 0 Å². The fourth-order valence-corrected chi connectivity index (χ4v) is 2.86. The lowest BCUT2D eigenvalue weighted by Gasteiger charge is -2.17. The summed E-state index contributed by atoms with van der Waals surface area (Å²) in [6.07, 6.45) is 0.584. The molecule has 1 rings (SSSR count). The average molecular weight is 304 g/mol. The summed E-state index contributed by atoms with van der Waals surface area (Å²) in [5.74, 6) is -2.37. The first-order valence-electron chi connectivity index (χ1n) is 5.94. The zero-order valence-corrected chi connectivity index (χ0v) is 12.1. The number of carboxylic acids is 1. The Bertz CT molecular complexity index is 589. The summed E-state index contributed by atoms with van der Waals surface area (Å²) in [4.78, 5) is 10.2. The highest BCUT2D eigenvalue weighted by molar-refractivity contribution is 7.89. The van der Waals surface area contributed by atoms with Gasteiger partial charge in [0.25, 0.3) is 0 Å². The van der Waals surface area contributed by atoms with E-state index in [2.05, 4.69) is 5.32 Å². The maximum absolute atomic E-state index is 13.8. The van der Waals surface area contributed by atoms with Crippen LogP contribution in [-0.2, 0) is 10.0 Å². The predicted molar refractivity (Wildman–Crippen MR) is 71.7 cm³/mol. The number of aromatic carboxylic acids is 1. The van der Waals surface area contributed by atoms with E-state index in [0.29, 0.717) is 19.0 Å². The molecule has 6 nitrogen and oxygen atoms in total. The fraction of sp³-hybridized carbons (Fsp3) is 0.417. The van der Waals surface area contributed by atoms with Crippen molar-refractivity contribution >= 4 is 16.0 Å². The molecule has 112 valence electrons. The van der Waals surface area contributed by atoms with Gasteiger partial charge >= 0.3 is 5.97 Å². The lowest BCUT2D eigenvalue weighted by molar-refractivity contribution is 0.0696. The Labute approximate surface area is 117 Å². The van der Waals surface area contributed by atoms with Gasteiger partial charge in [-0.25, -0.2) is 21.9 Å². The van der Waals surface area contributed by atoms with Crippen molar-refractivity contribution in [3.63, 3.8) is 0 Å². The highest BCUT2D eigenvalue weighted by atomic mass is 32.2. The van der Waals surface area contributed by atoms with E-state index in [0.717, 1.165) is 16.4 Å². The van der Waals surface area contributed by atoms with E-state index in [1.165, 1.54) is 7.05 Å². The van der Waals surface area contributed by atoms with Gasteiger partial charge in [0.2, 0.25) is 10.0 Å². The average Bonchev–Trinajstić information content (AvgIpc) is 2.38. The molecule has 0 fully saturated rings. The van der Waals surface area contributed by atoms with Gasteiger partial charge in [-0.15, -0.1) is 0 Å². The first-order valence-corrected chi connectivity index (χ1v) is 7.38. The normalized spacial score (nSPS) is 11.8. The van der Waals surface area contributed by atoms with Crippen molar-refractivity contribution < 1.29 is 22.7 Å². The predicted octanol–water partition coefficient (Wildman–Crippen LogP) is 0.754. The van der Waals surface area contributed by atoms with Crippen LogP contribution >= 0.6 is 0 Å². The van der Waals surface area contributed by atoms with Crippen molar-refractivity contribution in [2.24, 2.45) is 0 Å². The highest BCUT2D eigenvalue weighted by Crippen LogP contribution is 2.19. The van der Waals surface area contributed by atoms with Crippen molar-refractivity contribution in [3.8, 4) is 0 Å². The maximum Gasteiger partial charge on any atom is 0.335 e. The standard InChI is InChI=1S/C12H17FN2O4S/c1-14-6-3-7-15(2)20(18,19)11-5-4-9(12(16)17)8-10(11)13/h4-5,8,14H,3,6-7H2,1-2H3,(H,16,17). The van der Waals surface area contributed by atoms with E-state index in [9.17, 15) is 17.6 Å². The Kier molecular flexibility index (Phi) is 5.61. The molecular weight excluding hydrogens is 287 g/mol. The summed E-state index contributed by atoms with van der Waals surface area (Å²) in [5.41, 5.74) is -0.292. The second-order valence-corrected chi connectivity index (χ2v) is 6.25. The molecule has 2 N–H and O–H groups in total. The quantitative estimate of drug-likeness (QED) is 0.726. The minimum absolute atomic E-state index is 0.239. The molecule has 0 aliphatic carbocycles. The van der Waals surface area contributed by atoms with Crippen LogP contribution in [0, 0.1) is 5.82 Å². The number of hydrogen-bond acceptors (Lipinski definition) is 4. The maximum atomic E-state index is 13.8. The van der Waals surface area contributed by atoms with E-state index in [1.54, 1.807) is 7.05 Å². The van der Waals surface area contributed by atoms with Gasteiger partial charge < -0.3 is 10.4 Å². The number of hydrogen-bond donors (Lipinski definition) is 2. The van der Waals surface area contributed by atoms with Crippen LogP contribution in [0.3, 0.4) is 0 Å². The summed E-state index contributed by atoms with van der Waals surface area (Å²) in [6, 6.07) is 2.75. The molecule has 8 heteroatoms. The van der Waals surface area contributed by atoms with Crippen LogP contribution in [0.1, 0.15) is 16.8 Å². The molecule has 0 saturated heterocycles. The molecule has 0 atom stereocenters. The fourth-order valence-electron chi connectivity index (χ4n) is 1.61. The van der Waals surface area contributed by atoms with Crippen LogP contribution in [0.15, 0.2) is 23.1 Å². The Morgan fingerprint density at radius 2 is 2.10 bits per heavy atom. The number of nitrogens with one attached hydrogen (secondary N) is 1. The number of sulfonamides is 1. The largest absolute Gasteiger partial charge is 0.478 e. The zero-order valence-electron chi connectivity index (χ0n) is 11.3. The molecule has 0 amide bonds. The molecule has 0 bridgehead atoms. The third-order valence-corrected chi connectivity index (χ3v) is 4.66. The molecule has 0 unspecified atom stereocenters. The molecule has 0 saturated carbocycles. The van der Waals surface area contributed by atoms with Crippen LogP contribution in [0.4, 0.5) is 4.39 Å². The first kappa shape index (κ1) is 16.5. The molecule has 20 heavy (non-hydrogen) atoms. The van der Waals surface area contributed by atoms with Crippen LogP contribution in [0.5, 0.6) is 0 Å². The van der Waals surface area contributed by atoms with Crippen molar-refractivity contribution in [1.82, 2.24) is 9.62 Å². The number of benzene rings is 1. The van der Waals surface area contributed by atoms with Gasteiger partial charge in [-0.2, -0.15) is 0 Å². The number of nitrogens with zero attached hydrogens (tertiary/aromatic N) is 1. The number of halogens is 1. The Hall–Kier alpha value is -1.51. The number of carboxylic acid groups (broad SMARTS) is 1. The van der Waals surface area contributed by atoms with E-state index < -0.39 is 26.7 Å². The van der Waals surface area contributed by atoms with Crippen molar-refractivity contribution in [2.45, 2.75) is 11.3 Å². The molecule has 0 aromatic heterocycles. The van der Waals surface area contributed by atoms with Gasteiger partial charge in [0.15, 0.2) is 0 Å². The Morgan fingerprint density at radius 1 is 1.45 bits per heavy atom. The van der Waals surface area contributed by atoms with Crippen molar-refractivity contribution in [2.75, 3.05) is 27.2 Å². The summed E-state index contributed by atoms with van der Waals surface area (Å²) in [6.45, 7) is 0.879. The van der Waals surface area contributed by atoms with E-state index >= 15 is 0 Å². The number of rotatable bonds is 7. The van der Waals surface area contributed by atoms with Gasteiger partial charge in [0.1, 0.15) is 10.7 Å². The molecule has 0 radical (unpaired) electrons. The number of carbonyl (C=O) groups is 1. The third kappa shape index (κ3) is 3.75. The van der Waals surface area contributed by atoms with Gasteiger partial charge in [-0.3, -0.25) is 0 Å². The van der Waals surface area contributed by atoms with Crippen LogP contribution in [-0.4, -0.2) is 51.0 Å². The highest BCUT2D eigenvalue weighted by Gasteiger charge is 2.24. The molecule has 0 aliphatic rings. The minimum atomic E-state index is -3.95. The molecule has 0 heterocycles. The summed E-state index contributed by atoms with van der Waals surface area (Å²) >= 11 is 0. The topological polar surface area (TPSA) is 86.7 Å². The Morgan fingerprint density at radius 3 is 2.60 bits per heavy atom. The van der Waals surface area contributed by atoms with Gasteiger partial charge in [-0.05, 0) is 38.2 Å². The second-order valence-electron chi connectivity index (χ2n) is 4.23. The smallest absolute Gasteiger partial charge is 0.335 e. The van der Waals surface area contributed by atoms with Gasteiger partial charge in [0.05, 0.1) is 5.56 Å². The van der Waals surface area contributed by atoms with E-state index in [1.807, 2.05) is 0 Å². The van der Waals surface area contributed by atoms with Crippen molar-refractivity contribution in [1.29, 1.82) is 0 Å². The molecule has 1 aromatic rings. The van der Waals surface area contributed by atoms with Gasteiger partial charge in [-0.1, -0.05) is 0 Å². The van der Waals surface area contributed by atoms with Crippen molar-refractivity contribution in [3.05, 3.63) is 29.6 Å². The van der Waals surface area contributed by atoms with E-state index in [-0.39, 0.29) is 12.1 Å². The Balaban J connectivity index is 3.00. The minimum Gasteiger partial charge on any atom is -0.478 e. The van der Waals surface area contributed by atoms with Gasteiger partial charge in [0, 0.05) is 13.6 Å². The lowest BCUT2D eigenvalue weighted by atomic mass is 10.2. The third-order valence-electron chi connectivity index (χ3n) is 2.77. The lowest BCUT2D eigenvalue weighted by Crippen LogP contribution is -2.30. The molecule has 0 spiro atoms. The second kappa shape index (κ2) is 6.78. The summed E-state index contributed by atoms with van der Waals surface area (Å²) in [5, 5.41) is 11.6. The van der Waals surface area contributed by atoms with Crippen LogP contribution in [0.2, 0.25) is 0 Å². The SMILES string of the molecule is CNCCCN(C)S(=O)(=O)c1ccc(C(=O)O)cc1F. The molecular formula is C12H17FN2O4S.